The number of amides is 3. The Bertz CT molecular complexity index is 829. The quantitative estimate of drug-likeness (QED) is 0.831. The number of anilines is 1. The van der Waals surface area contributed by atoms with Crippen molar-refractivity contribution in [3.63, 3.8) is 0 Å². The van der Waals surface area contributed by atoms with Crippen molar-refractivity contribution in [2.24, 2.45) is 0 Å². The summed E-state index contributed by atoms with van der Waals surface area (Å²) in [6.07, 6.45) is 5.08. The number of halogens is 1. The van der Waals surface area contributed by atoms with Gasteiger partial charge in [0.2, 0.25) is 5.89 Å². The molecule has 1 heterocycles. The Kier molecular flexibility index (Phi) is 4.32. The van der Waals surface area contributed by atoms with Crippen molar-refractivity contribution in [2.45, 2.75) is 44.3 Å². The van der Waals surface area contributed by atoms with E-state index in [1.165, 1.54) is 24.5 Å². The number of urea groups is 1. The molecule has 2 fully saturated rings. The third kappa shape index (κ3) is 4.01. The molecule has 0 atom stereocenters. The summed E-state index contributed by atoms with van der Waals surface area (Å²) in [4.78, 5) is 30.3. The fourth-order valence-electron chi connectivity index (χ4n) is 2.63. The molecule has 2 aliphatic rings. The summed E-state index contributed by atoms with van der Waals surface area (Å²) in [6, 6.07) is 5.72. The lowest BCUT2D eigenvalue weighted by Crippen LogP contribution is -2.36. The molecule has 26 heavy (non-hydrogen) atoms. The number of nitrogens with one attached hydrogen (secondary N) is 2. The van der Waals surface area contributed by atoms with E-state index in [1.54, 1.807) is 11.0 Å². The number of benzene rings is 1. The first-order chi connectivity index (χ1) is 12.6. The lowest BCUT2D eigenvalue weighted by molar-refractivity contribution is 0.0946. The van der Waals surface area contributed by atoms with E-state index in [2.05, 4.69) is 15.6 Å². The minimum atomic E-state index is -0.417. The molecule has 4 rings (SSSR count). The van der Waals surface area contributed by atoms with E-state index in [0.717, 1.165) is 25.7 Å². The Balaban J connectivity index is 1.41. The molecule has 0 spiro atoms. The number of carbonyl (C=O) groups excluding carboxylic acids is 2. The van der Waals surface area contributed by atoms with E-state index in [0.29, 0.717) is 11.6 Å². The topological polar surface area (TPSA) is 87.5 Å². The van der Waals surface area contributed by atoms with E-state index in [1.807, 2.05) is 0 Å². The van der Waals surface area contributed by atoms with Gasteiger partial charge in [-0.2, -0.15) is 0 Å². The van der Waals surface area contributed by atoms with Crippen molar-refractivity contribution in [1.82, 2.24) is 15.2 Å². The zero-order chi connectivity index (χ0) is 18.1. The van der Waals surface area contributed by atoms with E-state index in [-0.39, 0.29) is 36.3 Å². The van der Waals surface area contributed by atoms with E-state index < -0.39 is 5.82 Å². The second-order valence-electron chi connectivity index (χ2n) is 6.67. The molecule has 0 bridgehead atoms. The minimum Gasteiger partial charge on any atom is -0.446 e. The molecule has 0 unspecified atom stereocenters. The molecule has 0 radical (unpaired) electrons. The molecular weight excluding hydrogens is 339 g/mol. The lowest BCUT2D eigenvalue weighted by atomic mass is 10.3. The third-order valence-corrected chi connectivity index (χ3v) is 4.33. The van der Waals surface area contributed by atoms with Crippen LogP contribution in [0.15, 0.2) is 34.9 Å². The molecule has 2 aliphatic carbocycles. The Morgan fingerprint density at radius 2 is 2.08 bits per heavy atom. The van der Waals surface area contributed by atoms with Crippen LogP contribution >= 0.6 is 0 Å². The molecular formula is C18H19FN4O3. The summed E-state index contributed by atoms with van der Waals surface area (Å²) >= 11 is 0. The second-order valence-corrected chi connectivity index (χ2v) is 6.67. The highest BCUT2D eigenvalue weighted by molar-refractivity contribution is 5.92. The van der Waals surface area contributed by atoms with Gasteiger partial charge >= 0.3 is 6.03 Å². The number of aromatic nitrogens is 1. The van der Waals surface area contributed by atoms with Crippen LogP contribution in [0.25, 0.3) is 0 Å². The zero-order valence-electron chi connectivity index (χ0n) is 14.1. The van der Waals surface area contributed by atoms with Crippen molar-refractivity contribution < 1.29 is 18.4 Å². The number of nitrogens with zero attached hydrogens (tertiary/aromatic N) is 2. The van der Waals surface area contributed by atoms with Crippen LogP contribution in [0, 0.1) is 5.82 Å². The maximum absolute atomic E-state index is 13.3. The Morgan fingerprint density at radius 1 is 1.27 bits per heavy atom. The SMILES string of the molecule is O=C(NC1CC1)c1coc(CN(C(=O)Nc2cccc(F)c2)C2CC2)n1. The molecule has 2 aromatic rings. The summed E-state index contributed by atoms with van der Waals surface area (Å²) in [7, 11) is 0. The normalized spacial score (nSPS) is 16.2. The predicted octanol–water partition coefficient (Wildman–Crippen LogP) is 2.90. The first kappa shape index (κ1) is 16.6. The molecule has 1 aromatic carbocycles. The smallest absolute Gasteiger partial charge is 0.322 e. The van der Waals surface area contributed by atoms with Crippen LogP contribution in [0.5, 0.6) is 0 Å². The van der Waals surface area contributed by atoms with Crippen LogP contribution < -0.4 is 10.6 Å². The van der Waals surface area contributed by atoms with Gasteiger partial charge in [-0.25, -0.2) is 14.2 Å². The Hall–Kier alpha value is -2.90. The standard InChI is InChI=1S/C18H19FN4O3/c19-11-2-1-3-13(8-11)21-18(25)23(14-6-7-14)9-16-22-15(10-26-16)17(24)20-12-4-5-12/h1-3,8,10,12,14H,4-7,9H2,(H,20,24)(H,21,25). The van der Waals surface area contributed by atoms with Crippen molar-refractivity contribution in [1.29, 1.82) is 0 Å². The summed E-state index contributed by atoms with van der Waals surface area (Å²) in [5, 5.41) is 5.53. The highest BCUT2D eigenvalue weighted by Gasteiger charge is 2.34. The Morgan fingerprint density at radius 3 is 2.77 bits per heavy atom. The lowest BCUT2D eigenvalue weighted by Gasteiger charge is -2.21. The minimum absolute atomic E-state index is 0.0965. The fourth-order valence-corrected chi connectivity index (χ4v) is 2.63. The molecule has 2 saturated carbocycles. The molecule has 8 heteroatoms. The highest BCUT2D eigenvalue weighted by Crippen LogP contribution is 2.29. The molecule has 2 N–H and O–H groups in total. The first-order valence-electron chi connectivity index (χ1n) is 8.67. The summed E-state index contributed by atoms with van der Waals surface area (Å²) in [6.45, 7) is 0.155. The van der Waals surface area contributed by atoms with Gasteiger partial charge in [-0.05, 0) is 43.9 Å². The maximum Gasteiger partial charge on any atom is 0.322 e. The number of carbonyl (C=O) groups is 2. The average molecular weight is 358 g/mol. The van der Waals surface area contributed by atoms with Gasteiger partial charge in [-0.1, -0.05) is 6.07 Å². The van der Waals surface area contributed by atoms with E-state index in [4.69, 9.17) is 4.42 Å². The number of hydrogen-bond donors (Lipinski definition) is 2. The monoisotopic (exact) mass is 358 g/mol. The number of hydrogen-bond acceptors (Lipinski definition) is 4. The van der Waals surface area contributed by atoms with Crippen LogP contribution in [-0.4, -0.2) is 33.9 Å². The van der Waals surface area contributed by atoms with E-state index in [9.17, 15) is 14.0 Å². The number of oxazole rings is 1. The summed E-state index contributed by atoms with van der Waals surface area (Å²) in [5.41, 5.74) is 0.603. The van der Waals surface area contributed by atoms with Gasteiger partial charge in [-0.15, -0.1) is 0 Å². The van der Waals surface area contributed by atoms with Crippen LogP contribution in [0.3, 0.4) is 0 Å². The maximum atomic E-state index is 13.3. The van der Waals surface area contributed by atoms with E-state index >= 15 is 0 Å². The second kappa shape index (κ2) is 6.78. The van der Waals surface area contributed by atoms with Crippen molar-refractivity contribution >= 4 is 17.6 Å². The molecule has 0 aliphatic heterocycles. The largest absolute Gasteiger partial charge is 0.446 e. The molecule has 136 valence electrons. The van der Waals surface area contributed by atoms with Gasteiger partial charge in [0.25, 0.3) is 5.91 Å². The summed E-state index contributed by atoms with van der Waals surface area (Å²) in [5.74, 6) is -0.378. The van der Waals surface area contributed by atoms with Gasteiger partial charge in [0, 0.05) is 17.8 Å². The average Bonchev–Trinajstić information content (AvgIpc) is 3.53. The van der Waals surface area contributed by atoms with Crippen molar-refractivity contribution in [3.8, 4) is 0 Å². The third-order valence-electron chi connectivity index (χ3n) is 4.33. The van der Waals surface area contributed by atoms with Gasteiger partial charge in [-0.3, -0.25) is 4.79 Å². The molecule has 3 amide bonds. The Labute approximate surface area is 149 Å². The van der Waals surface area contributed by atoms with Crippen LogP contribution in [-0.2, 0) is 6.54 Å². The van der Waals surface area contributed by atoms with Gasteiger partial charge in [0.15, 0.2) is 5.69 Å². The van der Waals surface area contributed by atoms with Crippen molar-refractivity contribution in [3.05, 3.63) is 47.9 Å². The zero-order valence-corrected chi connectivity index (χ0v) is 14.1. The van der Waals surface area contributed by atoms with Crippen molar-refractivity contribution in [2.75, 3.05) is 5.32 Å². The molecule has 0 saturated heterocycles. The van der Waals surface area contributed by atoms with Crippen LogP contribution in [0.2, 0.25) is 0 Å². The molecule has 7 nitrogen and oxygen atoms in total. The van der Waals surface area contributed by atoms with Crippen LogP contribution in [0.4, 0.5) is 14.9 Å². The van der Waals surface area contributed by atoms with Gasteiger partial charge in [0.05, 0.1) is 6.54 Å². The fraction of sp³-hybridized carbons (Fsp3) is 0.389. The van der Waals surface area contributed by atoms with Gasteiger partial charge in [0.1, 0.15) is 12.1 Å². The first-order valence-corrected chi connectivity index (χ1v) is 8.67. The highest BCUT2D eigenvalue weighted by atomic mass is 19.1. The number of rotatable bonds is 6. The predicted molar refractivity (Wildman–Crippen MR) is 91.0 cm³/mol. The molecule has 1 aromatic heterocycles. The van der Waals surface area contributed by atoms with Gasteiger partial charge < -0.3 is 20.0 Å². The summed E-state index contributed by atoms with van der Waals surface area (Å²) < 4.78 is 18.6. The van der Waals surface area contributed by atoms with Crippen LogP contribution in [0.1, 0.15) is 42.1 Å².